The SMILES string of the molecule is O=C(C(CO)N1CCCCC1)N1CC(=C2CN(S(=O)(=O)c3ccc4ncsc4c3)C2)C1. The van der Waals surface area contributed by atoms with E-state index in [0.29, 0.717) is 31.1 Å². The second-order valence-corrected chi connectivity index (χ2v) is 11.3. The third-order valence-corrected chi connectivity index (χ3v) is 9.12. The van der Waals surface area contributed by atoms with Crippen LogP contribution in [0.2, 0.25) is 0 Å². The monoisotopic (exact) mass is 462 g/mol. The first kappa shape index (κ1) is 21.0. The first-order chi connectivity index (χ1) is 15.0. The van der Waals surface area contributed by atoms with Gasteiger partial charge in [0.1, 0.15) is 6.04 Å². The summed E-state index contributed by atoms with van der Waals surface area (Å²) < 4.78 is 28.2. The molecule has 1 N–H and O–H groups in total. The first-order valence-corrected chi connectivity index (χ1v) is 13.0. The van der Waals surface area contributed by atoms with E-state index in [0.717, 1.165) is 47.3 Å². The molecule has 3 aliphatic rings. The average Bonchev–Trinajstić information content (AvgIpc) is 3.17. The van der Waals surface area contributed by atoms with E-state index in [4.69, 9.17) is 0 Å². The van der Waals surface area contributed by atoms with E-state index in [1.807, 2.05) is 0 Å². The number of hydrogen-bond acceptors (Lipinski definition) is 7. The molecule has 0 saturated carbocycles. The molecule has 1 unspecified atom stereocenters. The van der Waals surface area contributed by atoms with Gasteiger partial charge in [-0.3, -0.25) is 9.69 Å². The lowest BCUT2D eigenvalue weighted by Gasteiger charge is -2.44. The number of sulfonamides is 1. The smallest absolute Gasteiger partial charge is 0.243 e. The molecule has 166 valence electrons. The van der Waals surface area contributed by atoms with Crippen LogP contribution in [0, 0.1) is 0 Å². The van der Waals surface area contributed by atoms with Gasteiger partial charge in [-0.25, -0.2) is 13.4 Å². The molecule has 1 atom stereocenters. The number of amides is 1. The topological polar surface area (TPSA) is 94.0 Å². The van der Waals surface area contributed by atoms with Crippen molar-refractivity contribution in [1.29, 1.82) is 0 Å². The van der Waals surface area contributed by atoms with Crippen LogP contribution in [-0.4, -0.2) is 90.4 Å². The van der Waals surface area contributed by atoms with Crippen molar-refractivity contribution < 1.29 is 18.3 Å². The van der Waals surface area contributed by atoms with Crippen molar-refractivity contribution in [2.24, 2.45) is 0 Å². The summed E-state index contributed by atoms with van der Waals surface area (Å²) in [6.45, 7) is 3.42. The number of rotatable bonds is 5. The van der Waals surface area contributed by atoms with Crippen LogP contribution in [-0.2, 0) is 14.8 Å². The highest BCUT2D eigenvalue weighted by atomic mass is 32.2. The molecule has 3 saturated heterocycles. The Morgan fingerprint density at radius 1 is 1.10 bits per heavy atom. The molecule has 0 aliphatic carbocycles. The number of aliphatic hydroxyl groups is 1. The molecular weight excluding hydrogens is 436 g/mol. The number of fused-ring (bicyclic) bond motifs is 1. The van der Waals surface area contributed by atoms with E-state index in [9.17, 15) is 18.3 Å². The van der Waals surface area contributed by atoms with E-state index in [2.05, 4.69) is 9.88 Å². The van der Waals surface area contributed by atoms with Crippen LogP contribution in [0.15, 0.2) is 39.8 Å². The van der Waals surface area contributed by atoms with Gasteiger partial charge >= 0.3 is 0 Å². The predicted molar refractivity (Wildman–Crippen MR) is 118 cm³/mol. The lowest BCUT2D eigenvalue weighted by atomic mass is 9.95. The van der Waals surface area contributed by atoms with Crippen LogP contribution in [0.1, 0.15) is 19.3 Å². The molecule has 0 radical (unpaired) electrons. The molecule has 1 aromatic heterocycles. The fourth-order valence-corrected chi connectivity index (χ4v) is 6.75. The van der Waals surface area contributed by atoms with Crippen molar-refractivity contribution in [3.63, 3.8) is 0 Å². The van der Waals surface area contributed by atoms with Gasteiger partial charge in [-0.15, -0.1) is 11.3 Å². The zero-order valence-electron chi connectivity index (χ0n) is 17.2. The molecule has 0 bridgehead atoms. The number of thiazole rings is 1. The fraction of sp³-hybridized carbons (Fsp3) is 0.524. The molecule has 3 aliphatic heterocycles. The van der Waals surface area contributed by atoms with Crippen LogP contribution in [0.4, 0.5) is 0 Å². The molecule has 5 rings (SSSR count). The van der Waals surface area contributed by atoms with Gasteiger partial charge in [-0.2, -0.15) is 4.31 Å². The summed E-state index contributed by atoms with van der Waals surface area (Å²) in [6, 6.07) is 4.59. The highest BCUT2D eigenvalue weighted by Gasteiger charge is 2.40. The zero-order chi connectivity index (χ0) is 21.6. The summed E-state index contributed by atoms with van der Waals surface area (Å²) in [5.41, 5.74) is 4.77. The van der Waals surface area contributed by atoms with Crippen molar-refractivity contribution in [2.45, 2.75) is 30.2 Å². The molecule has 1 amide bonds. The Balaban J connectivity index is 1.20. The Hall–Kier alpha value is -1.85. The minimum atomic E-state index is -3.53. The molecule has 0 spiro atoms. The Bertz CT molecular complexity index is 1120. The van der Waals surface area contributed by atoms with Crippen LogP contribution >= 0.6 is 11.3 Å². The minimum absolute atomic E-state index is 0.0181. The van der Waals surface area contributed by atoms with Gasteiger partial charge in [0, 0.05) is 26.2 Å². The number of carbonyl (C=O) groups is 1. The zero-order valence-corrected chi connectivity index (χ0v) is 18.9. The van der Waals surface area contributed by atoms with E-state index in [1.165, 1.54) is 22.1 Å². The summed E-state index contributed by atoms with van der Waals surface area (Å²) in [7, 11) is -3.53. The summed E-state index contributed by atoms with van der Waals surface area (Å²) in [6.07, 6.45) is 3.32. The number of hydrogen-bond donors (Lipinski definition) is 1. The number of aromatic nitrogens is 1. The van der Waals surface area contributed by atoms with Crippen molar-refractivity contribution >= 4 is 37.5 Å². The minimum Gasteiger partial charge on any atom is -0.394 e. The van der Waals surface area contributed by atoms with Crippen LogP contribution < -0.4 is 0 Å². The molecular formula is C21H26N4O4S2. The van der Waals surface area contributed by atoms with E-state index < -0.39 is 16.1 Å². The van der Waals surface area contributed by atoms with Crippen molar-refractivity contribution in [2.75, 3.05) is 45.9 Å². The maximum Gasteiger partial charge on any atom is 0.243 e. The second kappa shape index (κ2) is 8.25. The highest BCUT2D eigenvalue weighted by Crippen LogP contribution is 2.32. The van der Waals surface area contributed by atoms with E-state index in [1.54, 1.807) is 28.6 Å². The summed E-state index contributed by atoms with van der Waals surface area (Å²) in [5, 5.41) is 9.76. The van der Waals surface area contributed by atoms with Crippen molar-refractivity contribution in [3.8, 4) is 0 Å². The molecule has 31 heavy (non-hydrogen) atoms. The second-order valence-electron chi connectivity index (χ2n) is 8.45. The van der Waals surface area contributed by atoms with Crippen LogP contribution in [0.25, 0.3) is 10.2 Å². The Morgan fingerprint density at radius 3 is 2.52 bits per heavy atom. The summed E-state index contributed by atoms with van der Waals surface area (Å²) >= 11 is 1.43. The average molecular weight is 463 g/mol. The molecule has 4 heterocycles. The van der Waals surface area contributed by atoms with Gasteiger partial charge in [0.25, 0.3) is 0 Å². The normalized spacial score (nSPS) is 21.8. The van der Waals surface area contributed by atoms with Gasteiger partial charge in [0.2, 0.25) is 15.9 Å². The quantitative estimate of drug-likeness (QED) is 0.673. The van der Waals surface area contributed by atoms with Crippen LogP contribution in [0.5, 0.6) is 0 Å². The van der Waals surface area contributed by atoms with E-state index >= 15 is 0 Å². The number of carbonyl (C=O) groups excluding carboxylic acids is 1. The van der Waals surface area contributed by atoms with Gasteiger partial charge in [0.05, 0.1) is 27.2 Å². The first-order valence-electron chi connectivity index (χ1n) is 10.6. The lowest BCUT2D eigenvalue weighted by molar-refractivity contribution is -0.140. The Kier molecular flexibility index (Phi) is 5.59. The molecule has 8 nitrogen and oxygen atoms in total. The molecule has 2 aromatic rings. The molecule has 1 aromatic carbocycles. The number of nitrogens with zero attached hydrogens (tertiary/aromatic N) is 4. The standard InChI is InChI=1S/C21H26N4O4S2/c26-13-19(23-6-2-1-3-7-23)21(27)24-9-15(10-24)16-11-25(12-16)31(28,29)17-4-5-18-20(8-17)30-14-22-18/h4-5,8,14,19,26H,1-3,6-7,9-13H2. The number of benzene rings is 1. The Labute approximate surface area is 185 Å². The van der Waals surface area contributed by atoms with Crippen LogP contribution in [0.3, 0.4) is 0 Å². The van der Waals surface area contributed by atoms with Gasteiger partial charge in [0.15, 0.2) is 0 Å². The maximum absolute atomic E-state index is 12.9. The maximum atomic E-state index is 12.9. The van der Waals surface area contributed by atoms with Gasteiger partial charge in [-0.1, -0.05) is 6.42 Å². The van der Waals surface area contributed by atoms with Gasteiger partial charge in [-0.05, 0) is 55.3 Å². The number of aliphatic hydroxyl groups excluding tert-OH is 1. The fourth-order valence-electron chi connectivity index (χ4n) is 4.50. The largest absolute Gasteiger partial charge is 0.394 e. The van der Waals surface area contributed by atoms with Crippen molar-refractivity contribution in [1.82, 2.24) is 19.1 Å². The third-order valence-electron chi connectivity index (χ3n) is 6.54. The highest BCUT2D eigenvalue weighted by molar-refractivity contribution is 7.89. The summed E-state index contributed by atoms with van der Waals surface area (Å²) in [4.78, 5) is 21.2. The third kappa shape index (κ3) is 3.80. The van der Waals surface area contributed by atoms with E-state index in [-0.39, 0.29) is 12.5 Å². The van der Waals surface area contributed by atoms with Gasteiger partial charge < -0.3 is 10.0 Å². The predicted octanol–water partition coefficient (Wildman–Crippen LogP) is 1.29. The summed E-state index contributed by atoms with van der Waals surface area (Å²) in [5.74, 6) is -0.0181. The number of piperidine rings is 1. The lowest BCUT2D eigenvalue weighted by Crippen LogP contribution is -2.57. The molecule has 3 fully saturated rings. The van der Waals surface area contributed by atoms with Crippen molar-refractivity contribution in [3.05, 3.63) is 34.9 Å². The molecule has 10 heteroatoms. The number of likely N-dealkylation sites (tertiary alicyclic amines) is 2. The Morgan fingerprint density at radius 2 is 1.81 bits per heavy atom.